The van der Waals surface area contributed by atoms with E-state index >= 15 is 0 Å². The molecule has 12 heteroatoms. The van der Waals surface area contributed by atoms with Gasteiger partial charge in [-0.1, -0.05) is 22.0 Å². The molecule has 1 fully saturated rings. The Labute approximate surface area is 200 Å². The van der Waals surface area contributed by atoms with Gasteiger partial charge >= 0.3 is 5.97 Å². The quantitative estimate of drug-likeness (QED) is 0.543. The zero-order valence-corrected chi connectivity index (χ0v) is 19.8. The molecule has 1 aromatic carbocycles. The van der Waals surface area contributed by atoms with Crippen LogP contribution in [-0.4, -0.2) is 65.6 Å². The molecule has 1 aromatic heterocycles. The molecule has 2 aliphatic rings. The molecule has 4 rings (SSSR count). The number of nitrogens with zero attached hydrogens (tertiary/aromatic N) is 3. The summed E-state index contributed by atoms with van der Waals surface area (Å²) in [5.41, 5.74) is 0.909. The van der Waals surface area contributed by atoms with E-state index in [1.165, 1.54) is 41.5 Å². The number of amidine groups is 1. The third-order valence-electron chi connectivity index (χ3n) is 5.48. The predicted molar refractivity (Wildman–Crippen MR) is 120 cm³/mol. The Hall–Kier alpha value is -2.28. The smallest absolute Gasteiger partial charge is 0.338 e. The Morgan fingerprint density at radius 2 is 2.24 bits per heavy atom. The molecule has 0 spiro atoms. The summed E-state index contributed by atoms with van der Waals surface area (Å²) < 4.78 is 47.3. The topological polar surface area (TPSA) is 87.0 Å². The van der Waals surface area contributed by atoms with Gasteiger partial charge in [0.2, 0.25) is 0 Å². The summed E-state index contributed by atoms with van der Waals surface area (Å²) in [5, 5.41) is 15.0. The van der Waals surface area contributed by atoms with Crippen molar-refractivity contribution in [1.82, 2.24) is 15.2 Å². The molecule has 0 unspecified atom stereocenters. The number of aliphatic hydroxyl groups excluding tert-OH is 1. The lowest BCUT2D eigenvalue weighted by atomic mass is 9.95. The van der Waals surface area contributed by atoms with E-state index in [4.69, 9.17) is 4.74 Å². The van der Waals surface area contributed by atoms with Crippen LogP contribution in [0.15, 0.2) is 50.5 Å². The minimum Gasteiger partial charge on any atom is -0.466 e. The number of aliphatic imine (C=N–C) groups is 1. The number of nitrogens with one attached hydrogen (secondary N) is 1. The molecule has 2 atom stereocenters. The Balaban J connectivity index is 1.82. The second-order valence-corrected chi connectivity index (χ2v) is 9.44. The van der Waals surface area contributed by atoms with Gasteiger partial charge in [-0.3, -0.25) is 9.89 Å². The molecule has 3 heterocycles. The van der Waals surface area contributed by atoms with Crippen molar-refractivity contribution in [1.29, 1.82) is 0 Å². The van der Waals surface area contributed by atoms with Crippen LogP contribution >= 0.6 is 27.3 Å². The Morgan fingerprint density at radius 3 is 2.88 bits per heavy atom. The van der Waals surface area contributed by atoms with Crippen LogP contribution in [-0.2, 0) is 9.53 Å². The van der Waals surface area contributed by atoms with Crippen molar-refractivity contribution in [2.24, 2.45) is 4.99 Å². The number of hydrogen-bond donors (Lipinski definition) is 2. The number of alkyl halides is 2. The Bertz CT molecular complexity index is 1110. The average Bonchev–Trinajstić information content (AvgIpc) is 3.40. The molecule has 0 bridgehead atoms. The van der Waals surface area contributed by atoms with E-state index in [1.54, 1.807) is 11.6 Å². The van der Waals surface area contributed by atoms with Crippen molar-refractivity contribution < 1.29 is 27.8 Å². The number of thiazole rings is 1. The van der Waals surface area contributed by atoms with Crippen LogP contribution in [0.4, 0.5) is 13.2 Å². The number of carbonyl (C=O) groups is 1. The number of methoxy groups -OCH3 is 1. The van der Waals surface area contributed by atoms with E-state index in [9.17, 15) is 23.1 Å². The zero-order valence-electron chi connectivity index (χ0n) is 17.4. The first-order chi connectivity index (χ1) is 15.7. The first-order valence-electron chi connectivity index (χ1n) is 9.96. The summed E-state index contributed by atoms with van der Waals surface area (Å²) in [6, 6.07) is 2.33. The van der Waals surface area contributed by atoms with Crippen molar-refractivity contribution in [2.45, 2.75) is 24.4 Å². The molecular weight excluding hydrogens is 525 g/mol. The normalized spacial score (nSPS) is 22.8. The van der Waals surface area contributed by atoms with Crippen LogP contribution in [0, 0.1) is 5.82 Å². The predicted octanol–water partition coefficient (Wildman–Crippen LogP) is 3.26. The largest absolute Gasteiger partial charge is 0.466 e. The molecule has 0 aliphatic carbocycles. The number of likely N-dealkylation sites (tertiary alicyclic amines) is 1. The van der Waals surface area contributed by atoms with E-state index in [0.717, 1.165) is 0 Å². The molecule has 2 aliphatic heterocycles. The van der Waals surface area contributed by atoms with Crippen molar-refractivity contribution in [3.63, 3.8) is 0 Å². The van der Waals surface area contributed by atoms with Gasteiger partial charge in [0.15, 0.2) is 10.8 Å². The lowest BCUT2D eigenvalue weighted by molar-refractivity contribution is -0.136. The second-order valence-electron chi connectivity index (χ2n) is 7.69. The van der Waals surface area contributed by atoms with Gasteiger partial charge in [0, 0.05) is 40.8 Å². The zero-order chi connectivity index (χ0) is 23.8. The Kier molecular flexibility index (Phi) is 6.89. The summed E-state index contributed by atoms with van der Waals surface area (Å²) in [7, 11) is 1.21. The maximum Gasteiger partial charge on any atom is 0.338 e. The molecule has 0 radical (unpaired) electrons. The van der Waals surface area contributed by atoms with Gasteiger partial charge in [-0.2, -0.15) is 0 Å². The highest BCUT2D eigenvalue weighted by molar-refractivity contribution is 9.10. The van der Waals surface area contributed by atoms with Gasteiger partial charge in [0.05, 0.1) is 25.8 Å². The van der Waals surface area contributed by atoms with E-state index in [-0.39, 0.29) is 12.1 Å². The highest BCUT2D eigenvalue weighted by Crippen LogP contribution is 2.38. The molecule has 2 N–H and O–H groups in total. The van der Waals surface area contributed by atoms with E-state index in [1.807, 2.05) is 0 Å². The van der Waals surface area contributed by atoms with Crippen LogP contribution in [0.25, 0.3) is 0 Å². The van der Waals surface area contributed by atoms with Gasteiger partial charge < -0.3 is 15.2 Å². The summed E-state index contributed by atoms with van der Waals surface area (Å²) in [6.07, 6.45) is 1.11. The molecule has 176 valence electrons. The highest BCUT2D eigenvalue weighted by Gasteiger charge is 2.45. The van der Waals surface area contributed by atoms with Crippen LogP contribution in [0.3, 0.4) is 0 Å². The average molecular weight is 545 g/mol. The fourth-order valence-corrected chi connectivity index (χ4v) is 5.16. The summed E-state index contributed by atoms with van der Waals surface area (Å²) >= 11 is 4.64. The number of carbonyl (C=O) groups excluding carboxylic acids is 1. The molecule has 1 saturated heterocycles. The van der Waals surface area contributed by atoms with Crippen molar-refractivity contribution in [2.75, 3.05) is 26.8 Å². The lowest BCUT2D eigenvalue weighted by Crippen LogP contribution is -2.42. The van der Waals surface area contributed by atoms with E-state index in [0.29, 0.717) is 26.6 Å². The first-order valence-corrected chi connectivity index (χ1v) is 11.6. The SMILES string of the molecule is COC(=O)C1=C(CN2CC(F)(F)C[C@@H]2CO)NC(c2nccs2)=N[C@H]1c1ccc(F)cc1Br. The number of esters is 1. The lowest BCUT2D eigenvalue weighted by Gasteiger charge is -2.31. The minimum absolute atomic E-state index is 0.0784. The van der Waals surface area contributed by atoms with Crippen LogP contribution in [0.2, 0.25) is 0 Å². The first kappa shape index (κ1) is 23.9. The second kappa shape index (κ2) is 9.53. The summed E-state index contributed by atoms with van der Waals surface area (Å²) in [4.78, 5) is 23.2. The number of rotatable bonds is 6. The standard InChI is InChI=1S/C21H20BrF3N4O3S/c1-32-20(31)16-15(8-29-10-21(24,25)7-12(29)9-30)27-18(19-26-4-5-33-19)28-17(16)13-3-2-11(23)6-14(13)22/h2-6,12,17,30H,7-10H2,1H3,(H,27,28)/t12-,17+/m1/s1. The van der Waals surface area contributed by atoms with Gasteiger partial charge in [-0.15, -0.1) is 11.3 Å². The van der Waals surface area contributed by atoms with Crippen LogP contribution in [0.5, 0.6) is 0 Å². The molecular formula is C21H20BrF3N4O3S. The van der Waals surface area contributed by atoms with Gasteiger partial charge in [0.25, 0.3) is 5.92 Å². The molecule has 33 heavy (non-hydrogen) atoms. The van der Waals surface area contributed by atoms with Gasteiger partial charge in [-0.25, -0.2) is 22.9 Å². The molecule has 7 nitrogen and oxygen atoms in total. The van der Waals surface area contributed by atoms with E-state index < -0.39 is 49.4 Å². The highest BCUT2D eigenvalue weighted by atomic mass is 79.9. The summed E-state index contributed by atoms with van der Waals surface area (Å²) in [5.74, 6) is -3.79. The monoisotopic (exact) mass is 544 g/mol. The van der Waals surface area contributed by atoms with Gasteiger partial charge in [0.1, 0.15) is 11.9 Å². The van der Waals surface area contributed by atoms with Crippen molar-refractivity contribution in [3.05, 3.63) is 61.9 Å². The number of benzene rings is 1. The third kappa shape index (κ3) is 4.98. The number of aromatic nitrogens is 1. The number of hydrogen-bond acceptors (Lipinski definition) is 8. The number of ether oxygens (including phenoxy) is 1. The van der Waals surface area contributed by atoms with Crippen molar-refractivity contribution >= 4 is 39.1 Å². The van der Waals surface area contributed by atoms with E-state index in [2.05, 4.69) is 31.2 Å². The third-order valence-corrected chi connectivity index (χ3v) is 6.95. The maximum atomic E-state index is 14.1. The summed E-state index contributed by atoms with van der Waals surface area (Å²) in [6.45, 7) is -1.09. The number of aliphatic hydroxyl groups is 1. The Morgan fingerprint density at radius 1 is 1.45 bits per heavy atom. The van der Waals surface area contributed by atoms with Crippen LogP contribution in [0.1, 0.15) is 23.0 Å². The van der Waals surface area contributed by atoms with Crippen molar-refractivity contribution in [3.8, 4) is 0 Å². The van der Waals surface area contributed by atoms with Gasteiger partial charge in [-0.05, 0) is 17.7 Å². The maximum absolute atomic E-state index is 14.1. The fourth-order valence-electron chi connectivity index (χ4n) is 4.00. The molecule has 0 amide bonds. The molecule has 0 saturated carbocycles. The molecule has 2 aromatic rings. The van der Waals surface area contributed by atoms with Crippen LogP contribution < -0.4 is 5.32 Å². The number of halogens is 4. The fraction of sp³-hybridized carbons (Fsp3) is 0.381. The minimum atomic E-state index is -2.96.